The molecule has 0 N–H and O–H groups in total. The number of ether oxygens (including phenoxy) is 2. The minimum atomic E-state index is -0.529. The van der Waals surface area contributed by atoms with Crippen LogP contribution < -0.4 is 0 Å². The molecule has 2 fully saturated rings. The Kier molecular flexibility index (Phi) is 5.30. The summed E-state index contributed by atoms with van der Waals surface area (Å²) >= 11 is 0. The zero-order chi connectivity index (χ0) is 16.2. The molecule has 1 amide bonds. The highest BCUT2D eigenvalue weighted by molar-refractivity contribution is 5.82. The first-order chi connectivity index (χ1) is 11.2. The molecule has 0 aromatic heterocycles. The van der Waals surface area contributed by atoms with E-state index in [2.05, 4.69) is 11.8 Å². The fourth-order valence-electron chi connectivity index (χ4n) is 3.68. The lowest BCUT2D eigenvalue weighted by molar-refractivity contribution is -0.162. The van der Waals surface area contributed by atoms with E-state index in [0.717, 1.165) is 31.6 Å². The van der Waals surface area contributed by atoms with Crippen molar-refractivity contribution in [3.8, 4) is 0 Å². The fourth-order valence-corrected chi connectivity index (χ4v) is 3.68. The maximum absolute atomic E-state index is 13.1. The van der Waals surface area contributed by atoms with Gasteiger partial charge >= 0.3 is 0 Å². The van der Waals surface area contributed by atoms with Gasteiger partial charge in [-0.2, -0.15) is 0 Å². The van der Waals surface area contributed by atoms with Crippen molar-refractivity contribution in [3.63, 3.8) is 0 Å². The first-order valence-electron chi connectivity index (χ1n) is 8.46. The van der Waals surface area contributed by atoms with Gasteiger partial charge in [-0.25, -0.2) is 0 Å². The largest absolute Gasteiger partial charge is 0.373 e. The number of nitrogens with zero attached hydrogens (tertiary/aromatic N) is 2. The van der Waals surface area contributed by atoms with Crippen LogP contribution in [0.25, 0.3) is 0 Å². The number of methoxy groups -OCH3 is 1. The van der Waals surface area contributed by atoms with Gasteiger partial charge < -0.3 is 19.3 Å². The minimum Gasteiger partial charge on any atom is -0.373 e. The molecule has 0 saturated carbocycles. The summed E-state index contributed by atoms with van der Waals surface area (Å²) in [6, 6.07) is 9.90. The molecule has 0 unspecified atom stereocenters. The van der Waals surface area contributed by atoms with Crippen LogP contribution in [0.3, 0.4) is 0 Å². The Balaban J connectivity index is 1.75. The number of morpholine rings is 1. The summed E-state index contributed by atoms with van der Waals surface area (Å²) in [7, 11) is 1.60. The summed E-state index contributed by atoms with van der Waals surface area (Å²) < 4.78 is 11.5. The molecule has 3 rings (SSSR count). The number of carbonyl (C=O) groups excluding carboxylic acids is 1. The summed E-state index contributed by atoms with van der Waals surface area (Å²) in [6.45, 7) is 6.39. The third-order valence-corrected chi connectivity index (χ3v) is 4.97. The lowest BCUT2D eigenvalue weighted by atomic mass is 9.97. The number of amides is 1. The summed E-state index contributed by atoms with van der Waals surface area (Å²) in [5.41, 5.74) is 0.911. The van der Waals surface area contributed by atoms with Crippen LogP contribution in [0.1, 0.15) is 25.0 Å². The molecule has 0 bridgehead atoms. The Hall–Kier alpha value is -1.43. The van der Waals surface area contributed by atoms with Crippen molar-refractivity contribution >= 4 is 5.91 Å². The first-order valence-corrected chi connectivity index (χ1v) is 8.46. The van der Waals surface area contributed by atoms with Gasteiger partial charge in [-0.05, 0) is 18.5 Å². The minimum absolute atomic E-state index is 0.0574. The standard InChI is InChI=1S/C18H26N2O3/c1-3-19-10-9-15-16(13-19)23-12-11-20(15)18(21)17(22-2)14-7-5-4-6-8-14/h4-8,15-17H,3,9-13H2,1-2H3/t15-,16+,17+/m0/s1. The number of piperidine rings is 1. The Bertz CT molecular complexity index is 522. The molecule has 126 valence electrons. The van der Waals surface area contributed by atoms with Crippen LogP contribution in [0, 0.1) is 0 Å². The van der Waals surface area contributed by atoms with Crippen molar-refractivity contribution in [2.45, 2.75) is 31.6 Å². The Morgan fingerprint density at radius 3 is 2.83 bits per heavy atom. The average molecular weight is 318 g/mol. The van der Waals surface area contributed by atoms with Gasteiger partial charge in [-0.3, -0.25) is 4.79 Å². The van der Waals surface area contributed by atoms with E-state index < -0.39 is 6.10 Å². The van der Waals surface area contributed by atoms with E-state index in [0.29, 0.717) is 13.2 Å². The summed E-state index contributed by atoms with van der Waals surface area (Å²) in [5, 5.41) is 0. The van der Waals surface area contributed by atoms with Gasteiger partial charge in [-0.15, -0.1) is 0 Å². The monoisotopic (exact) mass is 318 g/mol. The zero-order valence-electron chi connectivity index (χ0n) is 14.0. The number of likely N-dealkylation sites (tertiary alicyclic amines) is 1. The Morgan fingerprint density at radius 1 is 1.35 bits per heavy atom. The normalized spacial score (nSPS) is 26.6. The van der Waals surface area contributed by atoms with Crippen molar-refractivity contribution in [2.75, 3.05) is 39.9 Å². The number of rotatable bonds is 4. The second-order valence-corrected chi connectivity index (χ2v) is 6.22. The molecule has 2 aliphatic rings. The number of benzene rings is 1. The van der Waals surface area contributed by atoms with Gasteiger partial charge in [0, 0.05) is 26.7 Å². The topological polar surface area (TPSA) is 42.0 Å². The predicted molar refractivity (Wildman–Crippen MR) is 88.2 cm³/mol. The lowest BCUT2D eigenvalue weighted by Crippen LogP contribution is -2.61. The third kappa shape index (κ3) is 3.42. The van der Waals surface area contributed by atoms with E-state index in [9.17, 15) is 4.79 Å². The van der Waals surface area contributed by atoms with E-state index in [1.165, 1.54) is 0 Å². The number of carbonyl (C=O) groups is 1. The van der Waals surface area contributed by atoms with Gasteiger partial charge in [0.2, 0.25) is 0 Å². The molecule has 3 atom stereocenters. The molecule has 0 radical (unpaired) electrons. The maximum Gasteiger partial charge on any atom is 0.256 e. The van der Waals surface area contributed by atoms with Gasteiger partial charge in [-0.1, -0.05) is 37.3 Å². The third-order valence-electron chi connectivity index (χ3n) is 4.97. The predicted octanol–water partition coefficient (Wildman–Crippen LogP) is 1.70. The van der Waals surface area contributed by atoms with Crippen LogP contribution in [-0.4, -0.2) is 67.7 Å². The van der Waals surface area contributed by atoms with Crippen LogP contribution in [-0.2, 0) is 14.3 Å². The smallest absolute Gasteiger partial charge is 0.256 e. The van der Waals surface area contributed by atoms with Crippen molar-refractivity contribution in [3.05, 3.63) is 35.9 Å². The van der Waals surface area contributed by atoms with Crippen LogP contribution in [0.2, 0.25) is 0 Å². The summed E-state index contributed by atoms with van der Waals surface area (Å²) in [6.07, 6.45) is 0.559. The molecule has 2 heterocycles. The molecule has 5 heteroatoms. The van der Waals surface area contributed by atoms with E-state index in [4.69, 9.17) is 9.47 Å². The van der Waals surface area contributed by atoms with Crippen LogP contribution >= 0.6 is 0 Å². The maximum atomic E-state index is 13.1. The second-order valence-electron chi connectivity index (χ2n) is 6.22. The number of hydrogen-bond acceptors (Lipinski definition) is 4. The molecule has 0 aliphatic carbocycles. The SMILES string of the molecule is CCN1CC[C@H]2[C@@H](C1)OCCN2C(=O)[C@H](OC)c1ccccc1. The van der Waals surface area contributed by atoms with Crippen LogP contribution in [0.4, 0.5) is 0 Å². The molecule has 2 aliphatic heterocycles. The van der Waals surface area contributed by atoms with Gasteiger partial charge in [0.05, 0.1) is 18.8 Å². The van der Waals surface area contributed by atoms with Gasteiger partial charge in [0.25, 0.3) is 5.91 Å². The molecule has 0 spiro atoms. The van der Waals surface area contributed by atoms with Crippen molar-refractivity contribution in [1.82, 2.24) is 9.80 Å². The van der Waals surface area contributed by atoms with Crippen molar-refractivity contribution < 1.29 is 14.3 Å². The van der Waals surface area contributed by atoms with Crippen LogP contribution in [0.5, 0.6) is 0 Å². The number of hydrogen-bond donors (Lipinski definition) is 0. The highest BCUT2D eigenvalue weighted by Gasteiger charge is 2.40. The van der Waals surface area contributed by atoms with Crippen LogP contribution in [0.15, 0.2) is 30.3 Å². The second kappa shape index (κ2) is 7.43. The zero-order valence-corrected chi connectivity index (χ0v) is 14.0. The summed E-state index contributed by atoms with van der Waals surface area (Å²) in [4.78, 5) is 17.4. The van der Waals surface area contributed by atoms with Crippen molar-refractivity contribution in [1.29, 1.82) is 0 Å². The van der Waals surface area contributed by atoms with E-state index in [1.807, 2.05) is 35.2 Å². The Morgan fingerprint density at radius 2 is 2.13 bits per heavy atom. The summed E-state index contributed by atoms with van der Waals surface area (Å²) in [5.74, 6) is 0.0574. The number of likely N-dealkylation sites (N-methyl/N-ethyl adjacent to an activating group) is 1. The lowest BCUT2D eigenvalue weighted by Gasteiger charge is -2.47. The Labute approximate surface area is 138 Å². The van der Waals surface area contributed by atoms with Gasteiger partial charge in [0.1, 0.15) is 0 Å². The fraction of sp³-hybridized carbons (Fsp3) is 0.611. The van der Waals surface area contributed by atoms with Gasteiger partial charge in [0.15, 0.2) is 6.10 Å². The molecule has 1 aromatic carbocycles. The molecule has 23 heavy (non-hydrogen) atoms. The highest BCUT2D eigenvalue weighted by Crippen LogP contribution is 2.27. The average Bonchev–Trinajstić information content (AvgIpc) is 2.62. The molecule has 2 saturated heterocycles. The quantitative estimate of drug-likeness (QED) is 0.847. The molecular formula is C18H26N2O3. The molecule has 1 aromatic rings. The van der Waals surface area contributed by atoms with E-state index in [-0.39, 0.29) is 18.1 Å². The van der Waals surface area contributed by atoms with Crippen molar-refractivity contribution in [2.24, 2.45) is 0 Å². The first kappa shape index (κ1) is 16.4. The van der Waals surface area contributed by atoms with E-state index in [1.54, 1.807) is 7.11 Å². The number of fused-ring (bicyclic) bond motifs is 1. The highest BCUT2D eigenvalue weighted by atomic mass is 16.5. The van der Waals surface area contributed by atoms with E-state index >= 15 is 0 Å². The molecular weight excluding hydrogens is 292 g/mol. The molecule has 5 nitrogen and oxygen atoms in total.